The van der Waals surface area contributed by atoms with Crippen molar-refractivity contribution in [1.29, 1.82) is 0 Å². The zero-order valence-electron chi connectivity index (χ0n) is 25.8. The Hall–Kier alpha value is -5.02. The van der Waals surface area contributed by atoms with Gasteiger partial charge in [0.15, 0.2) is 0 Å². The fraction of sp³-hybridized carbons (Fsp3) is 0.0789. The number of carbonyl (C=O) groups is 3. The van der Waals surface area contributed by atoms with Crippen LogP contribution in [0.25, 0.3) is 6.08 Å². The van der Waals surface area contributed by atoms with Crippen molar-refractivity contribution in [3.63, 3.8) is 0 Å². The first-order valence-corrected chi connectivity index (χ1v) is 16.6. The summed E-state index contributed by atoms with van der Waals surface area (Å²) < 4.78 is 5.75. The number of hydrogen-bond donors (Lipinski definition) is 3. The van der Waals surface area contributed by atoms with Crippen molar-refractivity contribution in [2.45, 2.75) is 17.1 Å². The zero-order chi connectivity index (χ0) is 33.9. The van der Waals surface area contributed by atoms with Crippen molar-refractivity contribution in [2.24, 2.45) is 0 Å². The van der Waals surface area contributed by atoms with Crippen LogP contribution in [0, 0.1) is 0 Å². The minimum absolute atomic E-state index is 0.0222. The molecule has 242 valence electrons. The molecule has 5 rings (SSSR count). The second-order valence-electron chi connectivity index (χ2n) is 10.3. The Bertz CT molecular complexity index is 1940. The van der Waals surface area contributed by atoms with Gasteiger partial charge in [0.2, 0.25) is 5.91 Å². The number of ether oxygens (including phenoxy) is 1. The number of thioether (sulfide) groups is 1. The number of para-hydroxylation sites is 1. The molecule has 5 aromatic carbocycles. The van der Waals surface area contributed by atoms with Gasteiger partial charge >= 0.3 is 0 Å². The van der Waals surface area contributed by atoms with E-state index < -0.39 is 17.1 Å². The van der Waals surface area contributed by atoms with Crippen LogP contribution in [0.3, 0.4) is 0 Å². The van der Waals surface area contributed by atoms with Crippen molar-refractivity contribution in [2.75, 3.05) is 17.2 Å². The van der Waals surface area contributed by atoms with E-state index in [1.54, 1.807) is 78.9 Å². The van der Waals surface area contributed by atoms with Crippen LogP contribution in [-0.2, 0) is 9.59 Å². The molecule has 1 unspecified atom stereocenters. The number of nitrogens with one attached hydrogen (secondary N) is 3. The normalized spacial score (nSPS) is 11.7. The molecule has 0 radical (unpaired) electrons. The third-order valence-corrected chi connectivity index (χ3v) is 9.01. The first kappa shape index (κ1) is 34.3. The van der Waals surface area contributed by atoms with Crippen molar-refractivity contribution in [1.82, 2.24) is 5.32 Å². The summed E-state index contributed by atoms with van der Waals surface area (Å²) in [4.78, 5) is 41.2. The van der Waals surface area contributed by atoms with Gasteiger partial charge in [0.05, 0.1) is 22.3 Å². The quantitative estimate of drug-likeness (QED) is 0.0893. The number of hydrogen-bond acceptors (Lipinski definition) is 5. The second kappa shape index (κ2) is 16.7. The molecule has 48 heavy (non-hydrogen) atoms. The molecule has 0 aliphatic rings. The Morgan fingerprint density at radius 2 is 1.48 bits per heavy atom. The van der Waals surface area contributed by atoms with E-state index >= 15 is 0 Å². The first-order valence-electron chi connectivity index (χ1n) is 15.0. The molecule has 0 aliphatic carbocycles. The number of amides is 3. The van der Waals surface area contributed by atoms with E-state index in [2.05, 4.69) is 16.0 Å². The maximum absolute atomic E-state index is 13.7. The van der Waals surface area contributed by atoms with Gasteiger partial charge in [0.1, 0.15) is 16.7 Å². The van der Waals surface area contributed by atoms with E-state index in [4.69, 9.17) is 27.9 Å². The number of rotatable bonds is 12. The van der Waals surface area contributed by atoms with Gasteiger partial charge in [-0.15, -0.1) is 11.8 Å². The third-order valence-electron chi connectivity index (χ3n) is 6.94. The summed E-state index contributed by atoms with van der Waals surface area (Å²) in [6.07, 6.45) is 1.58. The highest BCUT2D eigenvalue weighted by Crippen LogP contribution is 2.38. The maximum Gasteiger partial charge on any atom is 0.272 e. The molecule has 0 fully saturated rings. The van der Waals surface area contributed by atoms with Gasteiger partial charge in [0, 0.05) is 21.7 Å². The van der Waals surface area contributed by atoms with Gasteiger partial charge in [-0.1, -0.05) is 102 Å². The van der Waals surface area contributed by atoms with Crippen LogP contribution in [0.1, 0.15) is 33.7 Å². The average Bonchev–Trinajstić information content (AvgIpc) is 3.10. The van der Waals surface area contributed by atoms with Crippen molar-refractivity contribution < 1.29 is 19.1 Å². The van der Waals surface area contributed by atoms with Crippen LogP contribution in [-0.4, -0.2) is 24.3 Å². The SMILES string of the molecule is CCOc1ccccc1/C=C(/NC(=O)c1ccccc1)C(=O)Nc1cccc(SC(C(=O)Nc2cccc(Cl)c2Cl)c2ccccc2)c1. The smallest absolute Gasteiger partial charge is 0.272 e. The summed E-state index contributed by atoms with van der Waals surface area (Å²) in [5.41, 5.74) is 2.69. The van der Waals surface area contributed by atoms with E-state index in [0.717, 1.165) is 10.5 Å². The van der Waals surface area contributed by atoms with Crippen molar-refractivity contribution in [3.8, 4) is 5.75 Å². The molecule has 0 aliphatic heterocycles. The molecule has 0 heterocycles. The van der Waals surface area contributed by atoms with Gasteiger partial charge in [-0.3, -0.25) is 14.4 Å². The number of halogens is 2. The Morgan fingerprint density at radius 3 is 2.23 bits per heavy atom. The number of anilines is 2. The summed E-state index contributed by atoms with van der Waals surface area (Å²) in [7, 11) is 0. The number of carbonyl (C=O) groups excluding carboxylic acids is 3. The van der Waals surface area contributed by atoms with E-state index in [1.807, 2.05) is 61.5 Å². The lowest BCUT2D eigenvalue weighted by Gasteiger charge is -2.18. The molecule has 0 saturated heterocycles. The van der Waals surface area contributed by atoms with E-state index in [1.165, 1.54) is 11.8 Å². The minimum atomic E-state index is -0.664. The van der Waals surface area contributed by atoms with Gasteiger partial charge in [-0.2, -0.15) is 0 Å². The molecular weight excluding hydrogens is 665 g/mol. The predicted molar refractivity (Wildman–Crippen MR) is 195 cm³/mol. The van der Waals surface area contributed by atoms with Crippen LogP contribution in [0.5, 0.6) is 5.75 Å². The Labute approximate surface area is 293 Å². The molecule has 7 nitrogen and oxygen atoms in total. The standard InChI is InChI=1S/C38H31Cl2N3O4S/c1-2-47-33-22-10-9-17-27(33)23-32(43-36(44)26-15-7-4-8-16-26)37(45)41-28-18-11-19-29(24-28)48-35(25-13-5-3-6-14-25)38(46)42-31-21-12-20-30(39)34(31)40/h3-24,35H,2H2,1H3,(H,41,45)(H,42,46)(H,43,44)/b32-23+. The van der Waals surface area contributed by atoms with Crippen LogP contribution in [0.2, 0.25) is 10.0 Å². The fourth-order valence-electron chi connectivity index (χ4n) is 4.67. The topological polar surface area (TPSA) is 96.5 Å². The summed E-state index contributed by atoms with van der Waals surface area (Å²) in [5, 5.41) is 8.47. The van der Waals surface area contributed by atoms with Crippen molar-refractivity contribution in [3.05, 3.63) is 160 Å². The molecule has 5 aromatic rings. The molecule has 3 N–H and O–H groups in total. The van der Waals surface area contributed by atoms with Gasteiger partial charge in [-0.05, 0) is 67.1 Å². The van der Waals surface area contributed by atoms with Gasteiger partial charge < -0.3 is 20.7 Å². The Balaban J connectivity index is 1.40. The van der Waals surface area contributed by atoms with E-state index in [0.29, 0.717) is 39.9 Å². The Morgan fingerprint density at radius 1 is 0.792 bits per heavy atom. The molecular formula is C38H31Cl2N3O4S. The second-order valence-corrected chi connectivity index (χ2v) is 12.3. The van der Waals surface area contributed by atoms with Crippen LogP contribution in [0.15, 0.2) is 138 Å². The van der Waals surface area contributed by atoms with Crippen LogP contribution >= 0.6 is 35.0 Å². The summed E-state index contributed by atoms with van der Waals surface area (Å²) in [6.45, 7) is 2.30. The van der Waals surface area contributed by atoms with Crippen LogP contribution in [0.4, 0.5) is 11.4 Å². The lowest BCUT2D eigenvalue weighted by molar-refractivity contribution is -0.116. The highest BCUT2D eigenvalue weighted by atomic mass is 35.5. The summed E-state index contributed by atoms with van der Waals surface area (Å²) in [5.74, 6) is -0.707. The van der Waals surface area contributed by atoms with Crippen molar-refractivity contribution >= 4 is 70.1 Å². The lowest BCUT2D eigenvalue weighted by Crippen LogP contribution is -2.30. The molecule has 0 saturated carbocycles. The Kier molecular flexibility index (Phi) is 11.9. The van der Waals surface area contributed by atoms with Crippen LogP contribution < -0.4 is 20.7 Å². The highest BCUT2D eigenvalue weighted by Gasteiger charge is 2.24. The maximum atomic E-state index is 13.7. The fourth-order valence-corrected chi connectivity index (χ4v) is 6.10. The predicted octanol–water partition coefficient (Wildman–Crippen LogP) is 9.27. The molecule has 10 heteroatoms. The first-order chi connectivity index (χ1) is 23.3. The number of benzene rings is 5. The van der Waals surface area contributed by atoms with E-state index in [9.17, 15) is 14.4 Å². The monoisotopic (exact) mass is 695 g/mol. The summed E-state index contributed by atoms with van der Waals surface area (Å²) >= 11 is 13.8. The molecule has 1 atom stereocenters. The minimum Gasteiger partial charge on any atom is -0.493 e. The average molecular weight is 697 g/mol. The lowest BCUT2D eigenvalue weighted by atomic mass is 10.1. The largest absolute Gasteiger partial charge is 0.493 e. The van der Waals surface area contributed by atoms with Gasteiger partial charge in [0.25, 0.3) is 11.8 Å². The highest BCUT2D eigenvalue weighted by molar-refractivity contribution is 8.00. The molecule has 0 aromatic heterocycles. The molecule has 0 bridgehead atoms. The van der Waals surface area contributed by atoms with Gasteiger partial charge in [-0.25, -0.2) is 0 Å². The molecule has 0 spiro atoms. The third kappa shape index (κ3) is 9.07. The zero-order valence-corrected chi connectivity index (χ0v) is 28.1. The molecule has 3 amide bonds. The van der Waals surface area contributed by atoms with E-state index in [-0.39, 0.29) is 16.6 Å². The summed E-state index contributed by atoms with van der Waals surface area (Å²) in [6, 6.07) is 37.4.